The van der Waals surface area contributed by atoms with Crippen LogP contribution in [0.15, 0.2) is 12.7 Å². The van der Waals surface area contributed by atoms with Crippen LogP contribution in [0.2, 0.25) is 0 Å². The van der Waals surface area contributed by atoms with Gasteiger partial charge >= 0.3 is 0 Å². The summed E-state index contributed by atoms with van der Waals surface area (Å²) in [5.41, 5.74) is 0.120. The van der Waals surface area contributed by atoms with Crippen molar-refractivity contribution in [1.82, 2.24) is 0 Å². The average Bonchev–Trinajstić information content (AvgIpc) is 2.24. The van der Waals surface area contributed by atoms with Crippen molar-refractivity contribution in [2.45, 2.75) is 26.1 Å². The second-order valence-corrected chi connectivity index (χ2v) is 5.22. The van der Waals surface area contributed by atoms with E-state index in [2.05, 4.69) is 20.4 Å². The molecular weight excluding hydrogens is 192 g/mol. The molecule has 3 heteroatoms. The summed E-state index contributed by atoms with van der Waals surface area (Å²) in [6.07, 6.45) is 2.69. The van der Waals surface area contributed by atoms with Crippen molar-refractivity contribution in [3.63, 3.8) is 0 Å². The molecule has 0 aromatic carbocycles. The Labute approximate surface area is 91.4 Å². The predicted octanol–water partition coefficient (Wildman–Crippen LogP) is 1.98. The molecule has 0 amide bonds. The van der Waals surface area contributed by atoms with Crippen LogP contribution in [0.4, 0.5) is 0 Å². The Kier molecular flexibility index (Phi) is 2.88. The molecule has 2 saturated heterocycles. The minimum Gasteiger partial charge on any atom is -0.380 e. The normalized spacial score (nSPS) is 33.9. The van der Waals surface area contributed by atoms with Gasteiger partial charge in [0.25, 0.3) is 0 Å². The third kappa shape index (κ3) is 2.10. The van der Waals surface area contributed by atoms with Crippen molar-refractivity contribution < 1.29 is 14.2 Å². The lowest BCUT2D eigenvalue weighted by Gasteiger charge is -2.48. The Morgan fingerprint density at radius 2 is 1.93 bits per heavy atom. The van der Waals surface area contributed by atoms with E-state index in [4.69, 9.17) is 14.2 Å². The van der Waals surface area contributed by atoms with E-state index in [0.717, 1.165) is 19.6 Å². The van der Waals surface area contributed by atoms with E-state index in [1.54, 1.807) is 0 Å². The van der Waals surface area contributed by atoms with Crippen LogP contribution in [-0.2, 0) is 14.2 Å². The van der Waals surface area contributed by atoms with Crippen molar-refractivity contribution in [3.8, 4) is 0 Å². The predicted molar refractivity (Wildman–Crippen MR) is 57.5 cm³/mol. The van der Waals surface area contributed by atoms with E-state index < -0.39 is 5.79 Å². The molecule has 0 bridgehead atoms. The smallest absolute Gasteiger partial charge is 0.178 e. The first-order valence-corrected chi connectivity index (χ1v) is 5.56. The lowest BCUT2D eigenvalue weighted by atomic mass is 9.89. The van der Waals surface area contributed by atoms with Gasteiger partial charge in [0.05, 0.1) is 32.3 Å². The topological polar surface area (TPSA) is 27.7 Å². The summed E-state index contributed by atoms with van der Waals surface area (Å²) < 4.78 is 17.3. The maximum Gasteiger partial charge on any atom is 0.178 e. The molecule has 1 unspecified atom stereocenters. The highest BCUT2D eigenvalue weighted by Gasteiger charge is 2.47. The minimum atomic E-state index is -0.463. The fraction of sp³-hybridized carbons (Fsp3) is 0.833. The molecule has 2 fully saturated rings. The van der Waals surface area contributed by atoms with Gasteiger partial charge in [0.15, 0.2) is 5.79 Å². The second-order valence-electron chi connectivity index (χ2n) is 5.22. The Hall–Kier alpha value is -0.380. The van der Waals surface area contributed by atoms with Crippen LogP contribution in [-0.4, -0.2) is 32.2 Å². The Morgan fingerprint density at radius 1 is 1.27 bits per heavy atom. The molecule has 2 aliphatic heterocycles. The molecule has 1 spiro atoms. The van der Waals surface area contributed by atoms with Gasteiger partial charge in [-0.1, -0.05) is 19.9 Å². The van der Waals surface area contributed by atoms with E-state index in [1.807, 2.05) is 6.08 Å². The Balaban J connectivity index is 2.09. The van der Waals surface area contributed by atoms with Crippen molar-refractivity contribution in [2.24, 2.45) is 11.3 Å². The lowest BCUT2D eigenvalue weighted by Crippen LogP contribution is -2.55. The number of hydrogen-bond donors (Lipinski definition) is 0. The van der Waals surface area contributed by atoms with Crippen molar-refractivity contribution in [1.29, 1.82) is 0 Å². The maximum absolute atomic E-state index is 5.95. The third-order valence-corrected chi connectivity index (χ3v) is 3.16. The molecule has 0 N–H and O–H groups in total. The maximum atomic E-state index is 5.95. The molecule has 0 aromatic heterocycles. The summed E-state index contributed by atoms with van der Waals surface area (Å²) in [5.74, 6) is -0.308. The van der Waals surface area contributed by atoms with Crippen LogP contribution in [0.1, 0.15) is 20.3 Å². The Morgan fingerprint density at radius 3 is 2.53 bits per heavy atom. The van der Waals surface area contributed by atoms with Gasteiger partial charge in [-0.05, 0) is 0 Å². The summed E-state index contributed by atoms with van der Waals surface area (Å²) in [7, 11) is 0. The molecule has 0 radical (unpaired) electrons. The van der Waals surface area contributed by atoms with Gasteiger partial charge in [-0.2, -0.15) is 0 Å². The van der Waals surface area contributed by atoms with Crippen LogP contribution < -0.4 is 0 Å². The summed E-state index contributed by atoms with van der Waals surface area (Å²) in [4.78, 5) is 0. The van der Waals surface area contributed by atoms with E-state index in [9.17, 15) is 0 Å². The van der Waals surface area contributed by atoms with E-state index in [1.165, 1.54) is 0 Å². The third-order valence-electron chi connectivity index (χ3n) is 3.16. The number of ether oxygens (including phenoxy) is 3. The van der Waals surface area contributed by atoms with Crippen molar-refractivity contribution in [3.05, 3.63) is 12.7 Å². The molecule has 0 aliphatic carbocycles. The van der Waals surface area contributed by atoms with Crippen LogP contribution in [0.25, 0.3) is 0 Å². The van der Waals surface area contributed by atoms with E-state index >= 15 is 0 Å². The zero-order valence-electron chi connectivity index (χ0n) is 9.62. The van der Waals surface area contributed by atoms with Crippen molar-refractivity contribution >= 4 is 0 Å². The fourth-order valence-corrected chi connectivity index (χ4v) is 2.06. The van der Waals surface area contributed by atoms with Gasteiger partial charge in [-0.25, -0.2) is 0 Å². The SMILES string of the molecule is C=CC1COCCC12OCC(C)(C)CO2. The summed E-state index contributed by atoms with van der Waals surface area (Å²) in [6.45, 7) is 11.0. The molecule has 1 atom stereocenters. The van der Waals surface area contributed by atoms with Crippen LogP contribution in [0.5, 0.6) is 0 Å². The van der Waals surface area contributed by atoms with Crippen LogP contribution in [0, 0.1) is 11.3 Å². The van der Waals surface area contributed by atoms with Gasteiger partial charge in [0, 0.05) is 11.8 Å². The van der Waals surface area contributed by atoms with Gasteiger partial charge in [0.1, 0.15) is 0 Å². The summed E-state index contributed by atoms with van der Waals surface area (Å²) >= 11 is 0. The van der Waals surface area contributed by atoms with Gasteiger partial charge in [-0.15, -0.1) is 6.58 Å². The van der Waals surface area contributed by atoms with E-state index in [-0.39, 0.29) is 11.3 Å². The monoisotopic (exact) mass is 212 g/mol. The first-order valence-electron chi connectivity index (χ1n) is 5.56. The molecular formula is C12H20O3. The highest BCUT2D eigenvalue weighted by Crippen LogP contribution is 2.39. The summed E-state index contributed by atoms with van der Waals surface area (Å²) in [6, 6.07) is 0. The average molecular weight is 212 g/mol. The zero-order valence-corrected chi connectivity index (χ0v) is 9.62. The highest BCUT2D eigenvalue weighted by atomic mass is 16.7. The van der Waals surface area contributed by atoms with Gasteiger partial charge in [0.2, 0.25) is 0 Å². The first kappa shape index (κ1) is 11.1. The zero-order chi connectivity index (χ0) is 10.9. The highest BCUT2D eigenvalue weighted by molar-refractivity contribution is 4.96. The largest absolute Gasteiger partial charge is 0.380 e. The molecule has 2 aliphatic rings. The summed E-state index contributed by atoms with van der Waals surface area (Å²) in [5, 5.41) is 0. The Bertz CT molecular complexity index is 237. The molecule has 0 saturated carbocycles. The van der Waals surface area contributed by atoms with Crippen LogP contribution >= 0.6 is 0 Å². The first-order chi connectivity index (χ1) is 7.08. The minimum absolute atomic E-state index is 0.120. The lowest BCUT2D eigenvalue weighted by molar-refractivity contribution is -0.337. The molecule has 0 aromatic rings. The molecule has 3 nitrogen and oxygen atoms in total. The van der Waals surface area contributed by atoms with Gasteiger partial charge in [-0.3, -0.25) is 0 Å². The molecule has 86 valence electrons. The number of hydrogen-bond acceptors (Lipinski definition) is 3. The van der Waals surface area contributed by atoms with Crippen LogP contribution in [0.3, 0.4) is 0 Å². The molecule has 2 heterocycles. The molecule has 2 rings (SSSR count). The second kappa shape index (κ2) is 3.89. The van der Waals surface area contributed by atoms with E-state index in [0.29, 0.717) is 13.2 Å². The molecule has 15 heavy (non-hydrogen) atoms. The fourth-order valence-electron chi connectivity index (χ4n) is 2.06. The standard InChI is InChI=1S/C12H20O3/c1-4-10-7-13-6-5-12(10)14-8-11(2,3)9-15-12/h4,10H,1,5-9H2,2-3H3. The number of rotatable bonds is 1. The van der Waals surface area contributed by atoms with Gasteiger partial charge < -0.3 is 14.2 Å². The van der Waals surface area contributed by atoms with Crippen molar-refractivity contribution in [2.75, 3.05) is 26.4 Å². The quantitative estimate of drug-likeness (QED) is 0.622.